The molecule has 1 saturated carbocycles. The van der Waals surface area contributed by atoms with E-state index in [9.17, 15) is 0 Å². The summed E-state index contributed by atoms with van der Waals surface area (Å²) in [5.74, 6) is 1.92. The molecule has 2 aromatic heterocycles. The van der Waals surface area contributed by atoms with Gasteiger partial charge < -0.3 is 4.90 Å². The van der Waals surface area contributed by atoms with Crippen molar-refractivity contribution in [1.82, 2.24) is 14.6 Å². The maximum Gasteiger partial charge on any atom is 0.156 e. The first kappa shape index (κ1) is 12.5. The minimum Gasteiger partial charge on any atom is -0.354 e. The lowest BCUT2D eigenvalue weighted by atomic mass is 9.77. The van der Waals surface area contributed by atoms with Crippen LogP contribution in [0.4, 0.5) is 5.82 Å². The topological polar surface area (TPSA) is 33.4 Å². The van der Waals surface area contributed by atoms with Crippen molar-refractivity contribution in [3.63, 3.8) is 0 Å². The summed E-state index contributed by atoms with van der Waals surface area (Å²) in [6.45, 7) is 6.71. The van der Waals surface area contributed by atoms with Gasteiger partial charge in [-0.2, -0.15) is 5.10 Å². The number of anilines is 1. The Morgan fingerprint density at radius 3 is 2.90 bits per heavy atom. The molecule has 5 heteroatoms. The van der Waals surface area contributed by atoms with Gasteiger partial charge in [0.15, 0.2) is 5.82 Å². The number of nitrogens with zero attached hydrogens (tertiary/aromatic N) is 4. The first-order valence-corrected chi connectivity index (χ1v) is 7.70. The fourth-order valence-corrected chi connectivity index (χ4v) is 4.38. The number of aryl methyl sites for hydroxylation is 1. The molecule has 2 aromatic rings. The molecular weight excluding hydrogens is 272 g/mol. The summed E-state index contributed by atoms with van der Waals surface area (Å²) in [5.41, 5.74) is 2.75. The SMILES string of the molecule is Cc1cc(Cl)n2ncnc(N3CC4(CCC(C)C4)C3)c12. The van der Waals surface area contributed by atoms with Crippen molar-refractivity contribution in [3.8, 4) is 0 Å². The molecular formula is C15H19ClN4. The third-order valence-corrected chi connectivity index (χ3v) is 5.25. The van der Waals surface area contributed by atoms with Gasteiger partial charge in [0.2, 0.25) is 0 Å². The van der Waals surface area contributed by atoms with Gasteiger partial charge in [-0.1, -0.05) is 24.9 Å². The molecule has 1 saturated heterocycles. The Hall–Kier alpha value is -1.29. The molecule has 106 valence electrons. The first-order chi connectivity index (χ1) is 9.58. The van der Waals surface area contributed by atoms with E-state index in [4.69, 9.17) is 11.6 Å². The number of rotatable bonds is 1. The van der Waals surface area contributed by atoms with Crippen LogP contribution in [0.2, 0.25) is 5.15 Å². The fourth-order valence-electron chi connectivity index (χ4n) is 4.09. The van der Waals surface area contributed by atoms with E-state index in [1.54, 1.807) is 10.8 Å². The largest absolute Gasteiger partial charge is 0.354 e. The van der Waals surface area contributed by atoms with Crippen LogP contribution in [0.15, 0.2) is 12.4 Å². The van der Waals surface area contributed by atoms with E-state index in [0.29, 0.717) is 10.6 Å². The molecule has 0 radical (unpaired) electrons. The molecule has 1 atom stereocenters. The summed E-state index contributed by atoms with van der Waals surface area (Å²) in [5, 5.41) is 4.91. The summed E-state index contributed by atoms with van der Waals surface area (Å²) in [6.07, 6.45) is 5.72. The van der Waals surface area contributed by atoms with Crippen LogP contribution in [0.3, 0.4) is 0 Å². The quantitative estimate of drug-likeness (QED) is 0.808. The first-order valence-electron chi connectivity index (χ1n) is 7.32. The van der Waals surface area contributed by atoms with Crippen molar-refractivity contribution < 1.29 is 0 Å². The summed E-state index contributed by atoms with van der Waals surface area (Å²) in [7, 11) is 0. The van der Waals surface area contributed by atoms with Crippen LogP contribution in [0.5, 0.6) is 0 Å². The van der Waals surface area contributed by atoms with Crippen molar-refractivity contribution in [2.75, 3.05) is 18.0 Å². The Kier molecular flexibility index (Phi) is 2.56. The lowest BCUT2D eigenvalue weighted by molar-refractivity contribution is 0.213. The van der Waals surface area contributed by atoms with Crippen LogP contribution in [0.25, 0.3) is 5.52 Å². The molecule has 20 heavy (non-hydrogen) atoms. The maximum absolute atomic E-state index is 6.21. The van der Waals surface area contributed by atoms with E-state index in [0.717, 1.165) is 35.9 Å². The standard InChI is InChI=1S/C15H19ClN4/c1-10-3-4-15(6-10)7-19(8-15)14-13-11(2)5-12(16)20(13)18-9-17-14/h5,9-10H,3-4,6-8H2,1-2H3. The second-order valence-corrected chi connectivity index (χ2v) is 7.09. The Bertz CT molecular complexity index is 672. The van der Waals surface area contributed by atoms with Crippen molar-refractivity contribution in [2.24, 2.45) is 11.3 Å². The van der Waals surface area contributed by atoms with E-state index in [2.05, 4.69) is 28.8 Å². The normalized spacial score (nSPS) is 24.6. The van der Waals surface area contributed by atoms with Crippen LogP contribution < -0.4 is 4.90 Å². The Labute approximate surface area is 123 Å². The van der Waals surface area contributed by atoms with Gasteiger partial charge in [-0.05, 0) is 37.3 Å². The average molecular weight is 291 g/mol. The van der Waals surface area contributed by atoms with E-state index >= 15 is 0 Å². The van der Waals surface area contributed by atoms with Crippen LogP contribution in [0, 0.1) is 18.3 Å². The zero-order chi connectivity index (χ0) is 13.9. The molecule has 4 rings (SSSR count). The zero-order valence-corrected chi connectivity index (χ0v) is 12.7. The Morgan fingerprint density at radius 1 is 1.40 bits per heavy atom. The highest BCUT2D eigenvalue weighted by Crippen LogP contribution is 2.49. The maximum atomic E-state index is 6.21. The monoisotopic (exact) mass is 290 g/mol. The lowest BCUT2D eigenvalue weighted by Crippen LogP contribution is -2.55. The smallest absolute Gasteiger partial charge is 0.156 e. The molecule has 0 N–H and O–H groups in total. The number of fused-ring (bicyclic) bond motifs is 1. The number of halogens is 1. The molecule has 3 heterocycles. The van der Waals surface area contributed by atoms with Gasteiger partial charge >= 0.3 is 0 Å². The average Bonchev–Trinajstić information content (AvgIpc) is 2.90. The fraction of sp³-hybridized carbons (Fsp3) is 0.600. The molecule has 4 nitrogen and oxygen atoms in total. The van der Waals surface area contributed by atoms with Gasteiger partial charge in [-0.3, -0.25) is 0 Å². The molecule has 1 spiro atoms. The van der Waals surface area contributed by atoms with Crippen LogP contribution >= 0.6 is 11.6 Å². The third kappa shape index (κ3) is 1.67. The van der Waals surface area contributed by atoms with Crippen molar-refractivity contribution in [2.45, 2.75) is 33.1 Å². The molecule has 1 aliphatic heterocycles. The number of hydrogen-bond acceptors (Lipinski definition) is 3. The number of aromatic nitrogens is 3. The number of hydrogen-bond donors (Lipinski definition) is 0. The highest BCUT2D eigenvalue weighted by Gasteiger charge is 2.47. The van der Waals surface area contributed by atoms with E-state index in [1.807, 2.05) is 6.07 Å². The molecule has 1 unspecified atom stereocenters. The van der Waals surface area contributed by atoms with Crippen LogP contribution in [-0.4, -0.2) is 27.7 Å². The third-order valence-electron chi connectivity index (χ3n) is 4.98. The highest BCUT2D eigenvalue weighted by molar-refractivity contribution is 6.30. The zero-order valence-electron chi connectivity index (χ0n) is 11.9. The predicted molar refractivity (Wildman–Crippen MR) is 80.4 cm³/mol. The summed E-state index contributed by atoms with van der Waals surface area (Å²) < 4.78 is 1.79. The molecule has 0 aromatic carbocycles. The van der Waals surface area contributed by atoms with Crippen LogP contribution in [-0.2, 0) is 0 Å². The van der Waals surface area contributed by atoms with Crippen molar-refractivity contribution >= 4 is 22.9 Å². The Balaban J connectivity index is 1.68. The predicted octanol–water partition coefficient (Wildman–Crippen LogP) is 3.32. The summed E-state index contributed by atoms with van der Waals surface area (Å²) in [4.78, 5) is 6.90. The minimum absolute atomic E-state index is 0.547. The lowest BCUT2D eigenvalue weighted by Gasteiger charge is -2.49. The highest BCUT2D eigenvalue weighted by atomic mass is 35.5. The van der Waals surface area contributed by atoms with E-state index in [-0.39, 0.29) is 0 Å². The van der Waals surface area contributed by atoms with Gasteiger partial charge in [0.05, 0.1) is 0 Å². The summed E-state index contributed by atoms with van der Waals surface area (Å²) >= 11 is 6.21. The van der Waals surface area contributed by atoms with Crippen molar-refractivity contribution in [1.29, 1.82) is 0 Å². The van der Waals surface area contributed by atoms with E-state index in [1.165, 1.54) is 19.3 Å². The van der Waals surface area contributed by atoms with E-state index < -0.39 is 0 Å². The Morgan fingerprint density at radius 2 is 2.20 bits per heavy atom. The molecule has 2 aliphatic rings. The van der Waals surface area contributed by atoms with Gasteiger partial charge in [-0.15, -0.1) is 0 Å². The summed E-state index contributed by atoms with van der Waals surface area (Å²) in [6, 6.07) is 1.96. The second-order valence-electron chi connectivity index (χ2n) is 6.70. The molecule has 2 fully saturated rings. The van der Waals surface area contributed by atoms with Crippen molar-refractivity contribution in [3.05, 3.63) is 23.1 Å². The molecule has 0 amide bonds. The molecule has 0 bridgehead atoms. The van der Waals surface area contributed by atoms with Gasteiger partial charge in [0.1, 0.15) is 17.0 Å². The van der Waals surface area contributed by atoms with Gasteiger partial charge in [0, 0.05) is 18.5 Å². The molecule has 1 aliphatic carbocycles. The van der Waals surface area contributed by atoms with Gasteiger partial charge in [-0.25, -0.2) is 9.50 Å². The van der Waals surface area contributed by atoms with Gasteiger partial charge in [0.25, 0.3) is 0 Å². The minimum atomic E-state index is 0.547. The van der Waals surface area contributed by atoms with Crippen LogP contribution in [0.1, 0.15) is 31.7 Å². The second kappa shape index (κ2) is 4.10.